The molecule has 152 valence electrons. The maximum absolute atomic E-state index is 11.1. The van der Waals surface area contributed by atoms with Gasteiger partial charge in [-0.15, -0.1) is 0 Å². The van der Waals surface area contributed by atoms with Gasteiger partial charge in [0.25, 0.3) is 11.4 Å². The second-order valence-electron chi connectivity index (χ2n) is 7.55. The molecule has 0 N–H and O–H groups in total. The fourth-order valence-electron chi connectivity index (χ4n) is 3.10. The van der Waals surface area contributed by atoms with Crippen molar-refractivity contribution in [3.05, 3.63) is 66.7 Å². The van der Waals surface area contributed by atoms with E-state index >= 15 is 0 Å². The van der Waals surface area contributed by atoms with E-state index < -0.39 is 9.85 Å². The molecule has 0 bridgehead atoms. The van der Waals surface area contributed by atoms with Crippen LogP contribution >= 0.6 is 0 Å². The molecule has 0 aliphatic heterocycles. The lowest BCUT2D eigenvalue weighted by Crippen LogP contribution is -1.96. The second-order valence-corrected chi connectivity index (χ2v) is 7.55. The van der Waals surface area contributed by atoms with Crippen molar-refractivity contribution in [3.8, 4) is 0 Å². The average molecular weight is 396 g/mol. The standard InChI is InChI=1S/C21H24N4O4/c1-12(2)18-9-16(24(26)27)7-14(5)20(18)22-11-23-21-15(6)8-17(25(28)29)10-19(21)13(3)4/h7-10,12-13H,1-6H3. The van der Waals surface area contributed by atoms with Crippen LogP contribution in [0.15, 0.2) is 34.3 Å². The number of nitro benzene ring substituents is 2. The lowest BCUT2D eigenvalue weighted by atomic mass is 9.97. The monoisotopic (exact) mass is 396 g/mol. The van der Waals surface area contributed by atoms with Crippen LogP contribution in [0.1, 0.15) is 61.8 Å². The van der Waals surface area contributed by atoms with Crippen LogP contribution in [-0.4, -0.2) is 15.9 Å². The van der Waals surface area contributed by atoms with Crippen molar-refractivity contribution in [2.24, 2.45) is 9.98 Å². The molecule has 0 saturated heterocycles. The Labute approximate surface area is 169 Å². The van der Waals surface area contributed by atoms with Crippen molar-refractivity contribution in [1.29, 1.82) is 0 Å². The molecule has 0 saturated carbocycles. The number of nitro groups is 2. The van der Waals surface area contributed by atoms with E-state index in [0.29, 0.717) is 22.5 Å². The number of nitrogens with zero attached hydrogens (tertiary/aromatic N) is 4. The lowest BCUT2D eigenvalue weighted by Gasteiger charge is -2.11. The van der Waals surface area contributed by atoms with Crippen LogP contribution in [-0.2, 0) is 0 Å². The van der Waals surface area contributed by atoms with Crippen molar-refractivity contribution in [3.63, 3.8) is 0 Å². The third-order valence-electron chi connectivity index (χ3n) is 4.62. The van der Waals surface area contributed by atoms with Crippen molar-refractivity contribution < 1.29 is 9.85 Å². The molecule has 2 rings (SSSR count). The van der Waals surface area contributed by atoms with Gasteiger partial charge in [0.2, 0.25) is 0 Å². The number of non-ortho nitro benzene ring substituents is 2. The Morgan fingerprint density at radius 3 is 1.38 bits per heavy atom. The van der Waals surface area contributed by atoms with Gasteiger partial charge in [-0.2, -0.15) is 9.98 Å². The Kier molecular flexibility index (Phi) is 6.61. The Bertz CT molecular complexity index is 956. The molecule has 0 fully saturated rings. The quantitative estimate of drug-likeness (QED) is 0.315. The summed E-state index contributed by atoms with van der Waals surface area (Å²) in [7, 11) is 0. The highest BCUT2D eigenvalue weighted by Crippen LogP contribution is 2.35. The highest BCUT2D eigenvalue weighted by atomic mass is 16.6. The third kappa shape index (κ3) is 4.92. The highest BCUT2D eigenvalue weighted by Gasteiger charge is 2.17. The number of rotatable bonds is 6. The van der Waals surface area contributed by atoms with Crippen molar-refractivity contribution in [2.75, 3.05) is 0 Å². The Morgan fingerprint density at radius 2 is 1.10 bits per heavy atom. The fourth-order valence-corrected chi connectivity index (χ4v) is 3.10. The molecule has 0 unspecified atom stereocenters. The zero-order valence-corrected chi connectivity index (χ0v) is 17.4. The second kappa shape index (κ2) is 8.75. The van der Waals surface area contributed by atoms with Crippen LogP contribution in [0, 0.1) is 34.1 Å². The summed E-state index contributed by atoms with van der Waals surface area (Å²) in [4.78, 5) is 30.1. The van der Waals surface area contributed by atoms with E-state index in [9.17, 15) is 20.2 Å². The van der Waals surface area contributed by atoms with E-state index in [1.165, 1.54) is 24.3 Å². The molecule has 2 aromatic rings. The molecular weight excluding hydrogens is 372 g/mol. The third-order valence-corrected chi connectivity index (χ3v) is 4.62. The molecule has 8 heteroatoms. The van der Waals surface area contributed by atoms with Crippen molar-refractivity contribution >= 4 is 28.8 Å². The maximum atomic E-state index is 11.1. The van der Waals surface area contributed by atoms with E-state index in [0.717, 1.165) is 11.1 Å². The zero-order valence-electron chi connectivity index (χ0n) is 17.4. The van der Waals surface area contributed by atoms with Gasteiger partial charge in [0, 0.05) is 24.3 Å². The summed E-state index contributed by atoms with van der Waals surface area (Å²) in [5.41, 5.74) is 4.05. The molecule has 0 aliphatic rings. The Morgan fingerprint density at radius 1 is 0.759 bits per heavy atom. The number of hydrogen-bond donors (Lipinski definition) is 0. The molecule has 29 heavy (non-hydrogen) atoms. The predicted octanol–water partition coefficient (Wildman–Crippen LogP) is 6.50. The van der Waals surface area contributed by atoms with Gasteiger partial charge in [0.1, 0.15) is 6.01 Å². The van der Waals surface area contributed by atoms with Gasteiger partial charge in [0.05, 0.1) is 21.2 Å². The summed E-state index contributed by atoms with van der Waals surface area (Å²) < 4.78 is 0. The average Bonchev–Trinajstić information content (AvgIpc) is 2.62. The van der Waals surface area contributed by atoms with Crippen LogP contribution in [0.25, 0.3) is 0 Å². The van der Waals surface area contributed by atoms with E-state index in [4.69, 9.17) is 0 Å². The summed E-state index contributed by atoms with van der Waals surface area (Å²) in [5, 5.41) is 22.3. The minimum absolute atomic E-state index is 0.0235. The highest BCUT2D eigenvalue weighted by molar-refractivity contribution is 5.68. The van der Waals surface area contributed by atoms with Gasteiger partial charge in [-0.3, -0.25) is 20.2 Å². The SMILES string of the molecule is Cc1cc([N+](=O)[O-])cc(C(C)C)c1N=C=Nc1c(C)cc([N+](=O)[O-])cc1C(C)C. The molecular formula is C21H24N4O4. The molecule has 8 nitrogen and oxygen atoms in total. The maximum Gasteiger partial charge on any atom is 0.270 e. The van der Waals surface area contributed by atoms with Crippen LogP contribution in [0.5, 0.6) is 0 Å². The zero-order chi connectivity index (χ0) is 21.9. The first-order valence-corrected chi connectivity index (χ1v) is 9.27. The molecule has 0 spiro atoms. The topological polar surface area (TPSA) is 111 Å². The minimum atomic E-state index is -0.421. The Hall–Kier alpha value is -3.38. The van der Waals surface area contributed by atoms with Crippen LogP contribution in [0.2, 0.25) is 0 Å². The lowest BCUT2D eigenvalue weighted by molar-refractivity contribution is -0.385. The number of aryl methyl sites for hydroxylation is 2. The van der Waals surface area contributed by atoms with Crippen LogP contribution < -0.4 is 0 Å². The first-order valence-electron chi connectivity index (χ1n) is 9.27. The van der Waals surface area contributed by atoms with Gasteiger partial charge in [-0.05, 0) is 47.9 Å². The van der Waals surface area contributed by atoms with E-state index in [-0.39, 0.29) is 23.2 Å². The molecule has 2 aromatic carbocycles. The number of benzene rings is 2. The van der Waals surface area contributed by atoms with Gasteiger partial charge >= 0.3 is 0 Å². The number of hydrogen-bond acceptors (Lipinski definition) is 6. The normalized spacial score (nSPS) is 10.8. The van der Waals surface area contributed by atoms with Crippen LogP contribution in [0.4, 0.5) is 22.7 Å². The largest absolute Gasteiger partial charge is 0.270 e. The van der Waals surface area contributed by atoms with Gasteiger partial charge < -0.3 is 0 Å². The molecule has 0 heterocycles. The molecule has 0 aliphatic carbocycles. The molecule has 0 aromatic heterocycles. The molecule has 0 amide bonds. The first kappa shape index (κ1) is 21.9. The summed E-state index contributed by atoms with van der Waals surface area (Å²) in [6, 6.07) is 8.69. The van der Waals surface area contributed by atoms with Crippen molar-refractivity contribution in [2.45, 2.75) is 53.4 Å². The van der Waals surface area contributed by atoms with Gasteiger partial charge in [-0.1, -0.05) is 27.7 Å². The van der Waals surface area contributed by atoms with Gasteiger partial charge in [-0.25, -0.2) is 0 Å². The molecule has 0 atom stereocenters. The summed E-state index contributed by atoms with van der Waals surface area (Å²) in [5.74, 6) is 0.0583. The summed E-state index contributed by atoms with van der Waals surface area (Å²) in [6.45, 7) is 11.3. The number of aliphatic imine (C=N–C) groups is 2. The minimum Gasteiger partial charge on any atom is -0.258 e. The summed E-state index contributed by atoms with van der Waals surface area (Å²) >= 11 is 0. The van der Waals surface area contributed by atoms with Crippen molar-refractivity contribution in [1.82, 2.24) is 0 Å². The van der Waals surface area contributed by atoms with Gasteiger partial charge in [0.15, 0.2) is 0 Å². The van der Waals surface area contributed by atoms with E-state index in [1.54, 1.807) is 13.8 Å². The fraction of sp³-hybridized carbons (Fsp3) is 0.381. The van der Waals surface area contributed by atoms with E-state index in [1.807, 2.05) is 27.7 Å². The molecule has 0 radical (unpaired) electrons. The summed E-state index contributed by atoms with van der Waals surface area (Å²) in [6.07, 6.45) is 0. The van der Waals surface area contributed by atoms with Crippen LogP contribution in [0.3, 0.4) is 0 Å². The Balaban J connectivity index is 2.60. The first-order chi connectivity index (χ1) is 13.5. The smallest absolute Gasteiger partial charge is 0.258 e. The predicted molar refractivity (Wildman–Crippen MR) is 113 cm³/mol. The van der Waals surface area contributed by atoms with E-state index in [2.05, 4.69) is 16.0 Å².